The van der Waals surface area contributed by atoms with Gasteiger partial charge in [0.1, 0.15) is 5.75 Å². The third kappa shape index (κ3) is 4.98. The standard InChI is InChI=1S/C14H14O3S2/c15-19(18,11-13-7-3-1-4-8-13)17-12-16-14-9-5-2-6-10-14/h1-10H,11-12H2. The van der Waals surface area contributed by atoms with Crippen molar-refractivity contribution >= 4 is 20.0 Å². The van der Waals surface area contributed by atoms with E-state index in [1.165, 1.54) is 0 Å². The monoisotopic (exact) mass is 294 g/mol. The molecule has 0 aromatic heterocycles. The molecule has 0 fully saturated rings. The fourth-order valence-electron chi connectivity index (χ4n) is 1.50. The lowest BCUT2D eigenvalue weighted by Gasteiger charge is -2.09. The Bertz CT molecular complexity index is 595. The lowest BCUT2D eigenvalue weighted by molar-refractivity contribution is 0.133. The smallest absolute Gasteiger partial charge is 0.204 e. The van der Waals surface area contributed by atoms with Crippen LogP contribution in [0.25, 0.3) is 0 Å². The zero-order valence-corrected chi connectivity index (χ0v) is 11.9. The number of ether oxygens (including phenoxy) is 1. The van der Waals surface area contributed by atoms with E-state index >= 15 is 0 Å². The molecule has 0 aliphatic carbocycles. The van der Waals surface area contributed by atoms with E-state index < -0.39 is 8.77 Å². The number of rotatable bonds is 6. The fourth-order valence-corrected chi connectivity index (χ4v) is 2.91. The van der Waals surface area contributed by atoms with E-state index in [4.69, 9.17) is 20.1 Å². The topological polar surface area (TPSA) is 35.5 Å². The molecule has 5 heteroatoms. The van der Waals surface area contributed by atoms with Gasteiger partial charge in [-0.1, -0.05) is 48.5 Å². The average molecular weight is 294 g/mol. The Hall–Kier alpha value is -1.43. The third-order valence-electron chi connectivity index (χ3n) is 2.38. The highest BCUT2D eigenvalue weighted by molar-refractivity contribution is 8.29. The summed E-state index contributed by atoms with van der Waals surface area (Å²) in [6, 6.07) is 18.6. The van der Waals surface area contributed by atoms with Gasteiger partial charge in [-0.25, -0.2) is 8.39 Å². The molecule has 1 atom stereocenters. The van der Waals surface area contributed by atoms with Gasteiger partial charge < -0.3 is 4.74 Å². The molecule has 0 aliphatic heterocycles. The number of benzene rings is 2. The molecule has 0 N–H and O–H groups in total. The first kappa shape index (κ1) is 14.0. The van der Waals surface area contributed by atoms with E-state index in [1.807, 2.05) is 48.5 Å². The summed E-state index contributed by atoms with van der Waals surface area (Å²) < 4.78 is 22.5. The SMILES string of the molecule is O=S(=S)(Cc1ccccc1)OCOc1ccccc1. The van der Waals surface area contributed by atoms with Crippen molar-refractivity contribution in [2.45, 2.75) is 5.75 Å². The van der Waals surface area contributed by atoms with Gasteiger partial charge in [0, 0.05) is 11.2 Å². The zero-order chi connectivity index (χ0) is 13.6. The highest BCUT2D eigenvalue weighted by atomic mass is 32.8. The summed E-state index contributed by atoms with van der Waals surface area (Å²) in [6.07, 6.45) is 0. The van der Waals surface area contributed by atoms with Crippen LogP contribution in [0.4, 0.5) is 0 Å². The summed E-state index contributed by atoms with van der Waals surface area (Å²) in [7, 11) is -2.80. The van der Waals surface area contributed by atoms with E-state index in [2.05, 4.69) is 0 Å². The minimum Gasteiger partial charge on any atom is -0.466 e. The average Bonchev–Trinajstić information content (AvgIpc) is 2.40. The van der Waals surface area contributed by atoms with Gasteiger partial charge in [-0.15, -0.1) is 0 Å². The molecule has 0 radical (unpaired) electrons. The maximum Gasteiger partial charge on any atom is 0.204 e. The van der Waals surface area contributed by atoms with Gasteiger partial charge in [0.15, 0.2) is 8.77 Å². The molecule has 2 aromatic carbocycles. The van der Waals surface area contributed by atoms with Gasteiger partial charge in [-0.2, -0.15) is 0 Å². The first-order valence-electron chi connectivity index (χ1n) is 5.75. The van der Waals surface area contributed by atoms with Gasteiger partial charge in [0.2, 0.25) is 6.79 Å². The van der Waals surface area contributed by atoms with Crippen LogP contribution in [0.1, 0.15) is 5.56 Å². The number of hydrogen-bond donors (Lipinski definition) is 0. The first-order valence-corrected chi connectivity index (χ1v) is 8.32. The Labute approximate surface area is 118 Å². The molecule has 2 aromatic rings. The highest BCUT2D eigenvalue weighted by Crippen LogP contribution is 2.11. The Morgan fingerprint density at radius 1 is 0.947 bits per heavy atom. The minimum atomic E-state index is -2.80. The molecule has 3 nitrogen and oxygen atoms in total. The summed E-state index contributed by atoms with van der Waals surface area (Å²) in [5.74, 6) is 0.869. The maximum atomic E-state index is 12.1. The van der Waals surface area contributed by atoms with E-state index in [0.717, 1.165) is 5.56 Å². The summed E-state index contributed by atoms with van der Waals surface area (Å²) in [4.78, 5) is 0. The second kappa shape index (κ2) is 6.65. The van der Waals surface area contributed by atoms with Crippen molar-refractivity contribution in [2.75, 3.05) is 6.79 Å². The molecule has 0 amide bonds. The van der Waals surface area contributed by atoms with E-state index in [9.17, 15) is 4.21 Å². The van der Waals surface area contributed by atoms with Crippen molar-refractivity contribution in [1.29, 1.82) is 0 Å². The van der Waals surface area contributed by atoms with Gasteiger partial charge in [-0.05, 0) is 17.7 Å². The van der Waals surface area contributed by atoms with Crippen LogP contribution in [-0.2, 0) is 29.9 Å². The second-order valence-electron chi connectivity index (χ2n) is 3.88. The summed E-state index contributed by atoms with van der Waals surface area (Å²) in [5, 5.41) is 0. The van der Waals surface area contributed by atoms with Crippen molar-refractivity contribution < 1.29 is 13.1 Å². The molecule has 0 saturated heterocycles. The minimum absolute atomic E-state index is 0.112. The van der Waals surface area contributed by atoms with Crippen molar-refractivity contribution in [1.82, 2.24) is 0 Å². The molecule has 0 heterocycles. The Kier molecular flexibility index (Phi) is 4.90. The van der Waals surface area contributed by atoms with Gasteiger partial charge in [0.05, 0.1) is 5.75 Å². The Balaban J connectivity index is 1.85. The Morgan fingerprint density at radius 2 is 1.53 bits per heavy atom. The van der Waals surface area contributed by atoms with Gasteiger partial charge in [-0.3, -0.25) is 0 Å². The summed E-state index contributed by atoms with van der Waals surface area (Å²) >= 11 is 4.97. The van der Waals surface area contributed by atoms with Crippen LogP contribution in [0.5, 0.6) is 5.75 Å². The largest absolute Gasteiger partial charge is 0.466 e. The molecular weight excluding hydrogens is 280 g/mol. The van der Waals surface area contributed by atoms with E-state index in [0.29, 0.717) is 5.75 Å². The summed E-state index contributed by atoms with van der Waals surface area (Å²) in [6.45, 7) is -0.112. The Morgan fingerprint density at radius 3 is 2.16 bits per heavy atom. The lowest BCUT2D eigenvalue weighted by Crippen LogP contribution is -2.12. The molecule has 1 unspecified atom stereocenters. The van der Waals surface area contributed by atoms with Crippen molar-refractivity contribution in [3.8, 4) is 5.75 Å². The number of para-hydroxylation sites is 1. The van der Waals surface area contributed by atoms with Gasteiger partial charge >= 0.3 is 0 Å². The van der Waals surface area contributed by atoms with E-state index in [1.54, 1.807) is 12.1 Å². The van der Waals surface area contributed by atoms with Gasteiger partial charge in [0.25, 0.3) is 0 Å². The highest BCUT2D eigenvalue weighted by Gasteiger charge is 2.08. The van der Waals surface area contributed by atoms with Crippen LogP contribution in [0.2, 0.25) is 0 Å². The number of hydrogen-bond acceptors (Lipinski definition) is 4. The third-order valence-corrected chi connectivity index (χ3v) is 4.17. The molecule has 2 rings (SSSR count). The van der Waals surface area contributed by atoms with Crippen LogP contribution >= 0.6 is 0 Å². The lowest BCUT2D eigenvalue weighted by atomic mass is 10.2. The quantitative estimate of drug-likeness (QED) is 0.767. The van der Waals surface area contributed by atoms with Crippen LogP contribution in [0.3, 0.4) is 0 Å². The van der Waals surface area contributed by atoms with Crippen molar-refractivity contribution in [3.63, 3.8) is 0 Å². The fraction of sp³-hybridized carbons (Fsp3) is 0.143. The first-order chi connectivity index (χ1) is 9.16. The normalized spacial score (nSPS) is 13.7. The maximum absolute atomic E-state index is 12.1. The summed E-state index contributed by atoms with van der Waals surface area (Å²) in [5.41, 5.74) is 0.891. The van der Waals surface area contributed by atoms with Crippen LogP contribution in [-0.4, -0.2) is 11.0 Å². The molecule has 0 spiro atoms. The molecule has 0 saturated carbocycles. The molecule has 0 bridgehead atoms. The predicted molar refractivity (Wildman–Crippen MR) is 78.7 cm³/mol. The molecule has 19 heavy (non-hydrogen) atoms. The molecular formula is C14H14O3S2. The van der Waals surface area contributed by atoms with Crippen LogP contribution < -0.4 is 4.74 Å². The van der Waals surface area contributed by atoms with Crippen LogP contribution in [0.15, 0.2) is 60.7 Å². The zero-order valence-electron chi connectivity index (χ0n) is 10.2. The molecule has 100 valence electrons. The molecule has 0 aliphatic rings. The predicted octanol–water partition coefficient (Wildman–Crippen LogP) is 2.90. The second-order valence-corrected chi connectivity index (χ2v) is 7.04. The van der Waals surface area contributed by atoms with E-state index in [-0.39, 0.29) is 12.5 Å². The van der Waals surface area contributed by atoms with Crippen molar-refractivity contribution in [3.05, 3.63) is 66.2 Å². The van der Waals surface area contributed by atoms with Crippen LogP contribution in [0, 0.1) is 0 Å². The van der Waals surface area contributed by atoms with Crippen molar-refractivity contribution in [2.24, 2.45) is 0 Å².